The van der Waals surface area contributed by atoms with E-state index in [1.54, 1.807) is 11.0 Å². The molecule has 1 aromatic rings. The van der Waals surface area contributed by atoms with E-state index in [0.717, 1.165) is 24.0 Å². The second-order valence-electron chi connectivity index (χ2n) is 6.86. The molecule has 0 radical (unpaired) electrons. The molecule has 1 aromatic carbocycles. The summed E-state index contributed by atoms with van der Waals surface area (Å²) in [5, 5.41) is 9.99. The minimum atomic E-state index is -0.537. The van der Waals surface area contributed by atoms with E-state index in [4.69, 9.17) is 33.0 Å². The first-order chi connectivity index (χ1) is 10.7. The molecule has 1 aliphatic carbocycles. The Balaban J connectivity index is 2.21. The second kappa shape index (κ2) is 7.29. The summed E-state index contributed by atoms with van der Waals surface area (Å²) in [6, 6.07) is 3.84. The maximum absolute atomic E-state index is 12.4. The number of amides is 1. The summed E-state index contributed by atoms with van der Waals surface area (Å²) in [6.45, 7) is 5.94. The largest absolute Gasteiger partial charge is 0.444 e. The number of rotatable bonds is 5. The number of nitrogens with zero attached hydrogens (tertiary/aromatic N) is 1. The number of ether oxygens (including phenoxy) is 1. The van der Waals surface area contributed by atoms with E-state index in [-0.39, 0.29) is 18.7 Å². The molecule has 0 atom stereocenters. The van der Waals surface area contributed by atoms with E-state index in [9.17, 15) is 4.79 Å². The van der Waals surface area contributed by atoms with Gasteiger partial charge in [-0.2, -0.15) is 0 Å². The predicted molar refractivity (Wildman–Crippen MR) is 92.1 cm³/mol. The lowest BCUT2D eigenvalue weighted by Crippen LogP contribution is -2.37. The summed E-state index contributed by atoms with van der Waals surface area (Å²) in [4.78, 5) is 14.2. The van der Waals surface area contributed by atoms with Crippen molar-refractivity contribution < 1.29 is 14.6 Å². The Kier molecular flexibility index (Phi) is 5.82. The molecule has 1 saturated carbocycles. The van der Waals surface area contributed by atoms with Gasteiger partial charge in [-0.3, -0.25) is 0 Å². The first-order valence-electron chi connectivity index (χ1n) is 7.78. The highest BCUT2D eigenvalue weighted by molar-refractivity contribution is 6.42. The third kappa shape index (κ3) is 5.27. The van der Waals surface area contributed by atoms with Gasteiger partial charge in [-0.05, 0) is 57.2 Å². The third-order valence-corrected chi connectivity index (χ3v) is 4.36. The Hall–Kier alpha value is -0.970. The van der Waals surface area contributed by atoms with Gasteiger partial charge in [-0.25, -0.2) is 4.79 Å². The number of carbonyl (C=O) groups is 1. The molecule has 0 heterocycles. The monoisotopic (exact) mass is 359 g/mol. The molecule has 1 amide bonds. The van der Waals surface area contributed by atoms with Gasteiger partial charge in [0, 0.05) is 12.6 Å². The molecule has 4 nitrogen and oxygen atoms in total. The predicted octanol–water partition coefficient (Wildman–Crippen LogP) is 4.43. The molecule has 0 bridgehead atoms. The Morgan fingerprint density at radius 3 is 2.52 bits per heavy atom. The van der Waals surface area contributed by atoms with E-state index in [1.165, 1.54) is 0 Å². The SMILES string of the molecule is CC(C)(C)OC(=O)N(Cc1cc(CCO)cc(Cl)c1Cl)C1CC1. The summed E-state index contributed by atoms with van der Waals surface area (Å²) >= 11 is 12.5. The van der Waals surface area contributed by atoms with E-state index in [1.807, 2.05) is 26.8 Å². The molecular formula is C17H23Cl2NO3. The smallest absolute Gasteiger partial charge is 0.410 e. The van der Waals surface area contributed by atoms with Crippen LogP contribution >= 0.6 is 23.2 Å². The fourth-order valence-corrected chi connectivity index (χ4v) is 2.76. The van der Waals surface area contributed by atoms with Crippen LogP contribution in [0.25, 0.3) is 0 Å². The van der Waals surface area contributed by atoms with Gasteiger partial charge < -0.3 is 14.7 Å². The van der Waals surface area contributed by atoms with Crippen LogP contribution in [0.2, 0.25) is 10.0 Å². The van der Waals surface area contributed by atoms with E-state index < -0.39 is 5.60 Å². The highest BCUT2D eigenvalue weighted by Crippen LogP contribution is 2.34. The van der Waals surface area contributed by atoms with E-state index in [0.29, 0.717) is 23.0 Å². The van der Waals surface area contributed by atoms with Crippen molar-refractivity contribution in [1.29, 1.82) is 0 Å². The van der Waals surface area contributed by atoms with Gasteiger partial charge in [0.05, 0.1) is 16.6 Å². The maximum Gasteiger partial charge on any atom is 0.410 e. The number of aliphatic hydroxyl groups excluding tert-OH is 1. The third-order valence-electron chi connectivity index (χ3n) is 3.52. The summed E-state index contributed by atoms with van der Waals surface area (Å²) in [6.07, 6.45) is 2.11. The first kappa shape index (κ1) is 18.4. The molecular weight excluding hydrogens is 337 g/mol. The number of halogens is 2. The average molecular weight is 360 g/mol. The quantitative estimate of drug-likeness (QED) is 0.845. The molecule has 0 aliphatic heterocycles. The lowest BCUT2D eigenvalue weighted by molar-refractivity contribution is 0.0216. The lowest BCUT2D eigenvalue weighted by Gasteiger charge is -2.28. The zero-order chi connectivity index (χ0) is 17.2. The Labute approximate surface area is 147 Å². The van der Waals surface area contributed by atoms with Gasteiger partial charge in [0.15, 0.2) is 0 Å². The summed E-state index contributed by atoms with van der Waals surface area (Å²) in [5.74, 6) is 0. The minimum Gasteiger partial charge on any atom is -0.444 e. The number of carbonyl (C=O) groups excluding carboxylic acids is 1. The summed E-state index contributed by atoms with van der Waals surface area (Å²) in [7, 11) is 0. The van der Waals surface area contributed by atoms with Crippen LogP contribution in [-0.2, 0) is 17.7 Å². The molecule has 1 aliphatic rings. The van der Waals surface area contributed by atoms with E-state index in [2.05, 4.69) is 0 Å². The van der Waals surface area contributed by atoms with Crippen molar-refractivity contribution in [2.75, 3.05) is 6.61 Å². The van der Waals surface area contributed by atoms with Gasteiger partial charge in [-0.15, -0.1) is 0 Å². The normalized spacial score (nSPS) is 14.7. The van der Waals surface area contributed by atoms with E-state index >= 15 is 0 Å². The van der Waals surface area contributed by atoms with Crippen LogP contribution in [-0.4, -0.2) is 34.3 Å². The van der Waals surface area contributed by atoms with Crippen molar-refractivity contribution in [3.05, 3.63) is 33.3 Å². The van der Waals surface area contributed by atoms with Crippen LogP contribution < -0.4 is 0 Å². The second-order valence-corrected chi connectivity index (χ2v) is 7.65. The van der Waals surface area contributed by atoms with Crippen LogP contribution in [0.3, 0.4) is 0 Å². The molecule has 1 N–H and O–H groups in total. The maximum atomic E-state index is 12.4. The molecule has 23 heavy (non-hydrogen) atoms. The molecule has 0 saturated heterocycles. The zero-order valence-electron chi connectivity index (χ0n) is 13.7. The molecule has 0 unspecified atom stereocenters. The number of aliphatic hydroxyl groups is 1. The molecule has 2 rings (SSSR count). The van der Waals surface area contributed by atoms with Crippen LogP contribution in [0, 0.1) is 0 Å². The van der Waals surface area contributed by atoms with Crippen molar-refractivity contribution in [2.24, 2.45) is 0 Å². The van der Waals surface area contributed by atoms with Crippen molar-refractivity contribution in [3.8, 4) is 0 Å². The van der Waals surface area contributed by atoms with Crippen molar-refractivity contribution in [1.82, 2.24) is 4.90 Å². The van der Waals surface area contributed by atoms with Gasteiger partial charge >= 0.3 is 6.09 Å². The fraction of sp³-hybridized carbons (Fsp3) is 0.588. The number of hydrogen-bond acceptors (Lipinski definition) is 3. The molecule has 0 aromatic heterocycles. The van der Waals surface area contributed by atoms with Crippen molar-refractivity contribution >= 4 is 29.3 Å². The van der Waals surface area contributed by atoms with Gasteiger partial charge in [0.2, 0.25) is 0 Å². The number of hydrogen-bond donors (Lipinski definition) is 1. The molecule has 1 fully saturated rings. The van der Waals surface area contributed by atoms with Crippen LogP contribution in [0.15, 0.2) is 12.1 Å². The van der Waals surface area contributed by atoms with Gasteiger partial charge in [0.25, 0.3) is 0 Å². The van der Waals surface area contributed by atoms with Gasteiger partial charge in [-0.1, -0.05) is 29.3 Å². The average Bonchev–Trinajstić information content (AvgIpc) is 3.23. The Morgan fingerprint density at radius 1 is 1.35 bits per heavy atom. The van der Waals surface area contributed by atoms with Crippen molar-refractivity contribution in [2.45, 2.75) is 58.2 Å². The van der Waals surface area contributed by atoms with Crippen LogP contribution in [0.4, 0.5) is 4.79 Å². The minimum absolute atomic E-state index is 0.0375. The Bertz CT molecular complexity index is 580. The lowest BCUT2D eigenvalue weighted by atomic mass is 10.1. The molecule has 0 spiro atoms. The number of benzene rings is 1. The van der Waals surface area contributed by atoms with Gasteiger partial charge in [0.1, 0.15) is 5.60 Å². The Morgan fingerprint density at radius 2 is 2.00 bits per heavy atom. The highest BCUT2D eigenvalue weighted by atomic mass is 35.5. The molecule has 128 valence electrons. The van der Waals surface area contributed by atoms with Crippen LogP contribution in [0.1, 0.15) is 44.7 Å². The van der Waals surface area contributed by atoms with Crippen molar-refractivity contribution in [3.63, 3.8) is 0 Å². The topological polar surface area (TPSA) is 49.8 Å². The summed E-state index contributed by atoms with van der Waals surface area (Å²) in [5.41, 5.74) is 1.14. The first-order valence-corrected chi connectivity index (χ1v) is 8.54. The molecule has 6 heteroatoms. The highest BCUT2D eigenvalue weighted by Gasteiger charge is 2.35. The fourth-order valence-electron chi connectivity index (χ4n) is 2.33. The summed E-state index contributed by atoms with van der Waals surface area (Å²) < 4.78 is 5.49. The standard InChI is InChI=1S/C17H23Cl2NO3/c1-17(2,3)23-16(22)20(13-4-5-13)10-12-8-11(6-7-21)9-14(18)15(12)19/h8-9,13,21H,4-7,10H2,1-3H3. The van der Waals surface area contributed by atoms with Crippen LogP contribution in [0.5, 0.6) is 0 Å². The zero-order valence-corrected chi connectivity index (χ0v) is 15.2.